The minimum absolute atomic E-state index is 0.143. The molecule has 2 N–H and O–H groups in total. The average molecular weight is 444 g/mol. The molecule has 7 nitrogen and oxygen atoms in total. The van der Waals surface area contributed by atoms with E-state index in [-0.39, 0.29) is 18.4 Å². The summed E-state index contributed by atoms with van der Waals surface area (Å²) in [7, 11) is 0. The number of thiazole rings is 1. The van der Waals surface area contributed by atoms with Crippen LogP contribution < -0.4 is 20.1 Å². The van der Waals surface area contributed by atoms with Crippen molar-refractivity contribution in [3.63, 3.8) is 0 Å². The standard InChI is InChI=1S/C21H18ClN3O4S/c1-11-20(27)23-16-9-13(3-8-17(16)29-11)19-12(2)30-21(25-19)24-18(26)10-28-15-6-4-14(22)5-7-15/h3-9,11H,10H2,1-2H3,(H,23,27)(H,24,25,26). The van der Waals surface area contributed by atoms with Crippen molar-refractivity contribution < 1.29 is 19.1 Å². The number of ether oxygens (including phenoxy) is 2. The Morgan fingerprint density at radius 1 is 1.30 bits per heavy atom. The van der Waals surface area contributed by atoms with E-state index in [4.69, 9.17) is 21.1 Å². The molecule has 1 unspecified atom stereocenters. The van der Waals surface area contributed by atoms with Crippen LogP contribution in [0.1, 0.15) is 11.8 Å². The second-order valence-corrected chi connectivity index (χ2v) is 8.31. The number of hydrogen-bond acceptors (Lipinski definition) is 6. The SMILES string of the molecule is Cc1sc(NC(=O)COc2ccc(Cl)cc2)nc1-c1ccc2c(c1)NC(=O)C(C)O2. The van der Waals surface area contributed by atoms with Gasteiger partial charge in [0.2, 0.25) is 0 Å². The Bertz CT molecular complexity index is 1110. The Hall–Kier alpha value is -3.10. The van der Waals surface area contributed by atoms with Crippen molar-refractivity contribution in [2.24, 2.45) is 0 Å². The van der Waals surface area contributed by atoms with Gasteiger partial charge in [-0.1, -0.05) is 11.6 Å². The number of anilines is 2. The molecule has 0 saturated heterocycles. The first-order valence-corrected chi connectivity index (χ1v) is 10.4. The number of aryl methyl sites for hydroxylation is 1. The molecule has 0 aliphatic carbocycles. The van der Waals surface area contributed by atoms with Gasteiger partial charge < -0.3 is 14.8 Å². The van der Waals surface area contributed by atoms with Crippen molar-refractivity contribution in [1.82, 2.24) is 4.98 Å². The summed E-state index contributed by atoms with van der Waals surface area (Å²) < 4.78 is 11.0. The third kappa shape index (κ3) is 4.39. The third-order valence-electron chi connectivity index (χ3n) is 4.41. The fourth-order valence-electron chi connectivity index (χ4n) is 2.91. The fraction of sp³-hybridized carbons (Fsp3) is 0.190. The van der Waals surface area contributed by atoms with E-state index in [1.165, 1.54) is 11.3 Å². The van der Waals surface area contributed by atoms with Crippen LogP contribution in [0.3, 0.4) is 0 Å². The minimum atomic E-state index is -0.527. The van der Waals surface area contributed by atoms with E-state index in [0.717, 1.165) is 16.1 Å². The monoisotopic (exact) mass is 443 g/mol. The molecule has 1 aromatic heterocycles. The average Bonchev–Trinajstić information content (AvgIpc) is 3.08. The molecule has 4 rings (SSSR count). The Kier molecular flexibility index (Phi) is 5.61. The molecule has 2 amide bonds. The lowest BCUT2D eigenvalue weighted by Crippen LogP contribution is -2.34. The van der Waals surface area contributed by atoms with Crippen LogP contribution in [0, 0.1) is 6.92 Å². The number of fused-ring (bicyclic) bond motifs is 1. The van der Waals surface area contributed by atoms with E-state index in [1.54, 1.807) is 37.3 Å². The molecule has 0 spiro atoms. The number of halogens is 1. The zero-order chi connectivity index (χ0) is 21.3. The molecule has 0 fully saturated rings. The van der Waals surface area contributed by atoms with Gasteiger partial charge in [-0.3, -0.25) is 14.9 Å². The molecule has 0 radical (unpaired) electrons. The third-order valence-corrected chi connectivity index (χ3v) is 5.55. The lowest BCUT2D eigenvalue weighted by Gasteiger charge is -2.23. The molecule has 0 saturated carbocycles. The highest BCUT2D eigenvalue weighted by molar-refractivity contribution is 7.16. The van der Waals surface area contributed by atoms with Gasteiger partial charge in [-0.15, -0.1) is 11.3 Å². The van der Waals surface area contributed by atoms with Crippen molar-refractivity contribution >= 4 is 45.6 Å². The van der Waals surface area contributed by atoms with Crippen LogP contribution in [0.15, 0.2) is 42.5 Å². The van der Waals surface area contributed by atoms with Crippen LogP contribution in [-0.2, 0) is 9.59 Å². The van der Waals surface area contributed by atoms with Gasteiger partial charge in [0.05, 0.1) is 11.4 Å². The highest BCUT2D eigenvalue weighted by atomic mass is 35.5. The molecule has 2 aromatic carbocycles. The van der Waals surface area contributed by atoms with Crippen molar-refractivity contribution in [1.29, 1.82) is 0 Å². The number of nitrogens with one attached hydrogen (secondary N) is 2. The molecular weight excluding hydrogens is 426 g/mol. The van der Waals surface area contributed by atoms with Crippen molar-refractivity contribution in [2.45, 2.75) is 20.0 Å². The minimum Gasteiger partial charge on any atom is -0.484 e. The summed E-state index contributed by atoms with van der Waals surface area (Å²) in [6, 6.07) is 12.3. The molecule has 3 aromatic rings. The Morgan fingerprint density at radius 2 is 2.07 bits per heavy atom. The number of aromatic nitrogens is 1. The number of carbonyl (C=O) groups is 2. The summed E-state index contributed by atoms with van der Waals surface area (Å²) in [4.78, 5) is 29.5. The van der Waals surface area contributed by atoms with Gasteiger partial charge in [0.1, 0.15) is 11.5 Å². The maximum absolute atomic E-state index is 12.2. The van der Waals surface area contributed by atoms with Gasteiger partial charge >= 0.3 is 0 Å². The van der Waals surface area contributed by atoms with Gasteiger partial charge in [-0.05, 0) is 56.3 Å². The van der Waals surface area contributed by atoms with Gasteiger partial charge in [0.25, 0.3) is 11.8 Å². The van der Waals surface area contributed by atoms with Crippen LogP contribution >= 0.6 is 22.9 Å². The van der Waals surface area contributed by atoms with E-state index in [0.29, 0.717) is 27.3 Å². The van der Waals surface area contributed by atoms with Gasteiger partial charge in [0, 0.05) is 15.5 Å². The first kappa shape index (κ1) is 20.2. The summed E-state index contributed by atoms with van der Waals surface area (Å²) >= 11 is 7.20. The molecular formula is C21H18ClN3O4S. The number of amides is 2. The van der Waals surface area contributed by atoms with E-state index < -0.39 is 6.10 Å². The largest absolute Gasteiger partial charge is 0.484 e. The second kappa shape index (κ2) is 8.33. The highest BCUT2D eigenvalue weighted by Crippen LogP contribution is 2.36. The van der Waals surface area contributed by atoms with E-state index in [1.807, 2.05) is 19.1 Å². The first-order chi connectivity index (χ1) is 14.4. The molecule has 30 heavy (non-hydrogen) atoms. The zero-order valence-corrected chi connectivity index (χ0v) is 17.8. The molecule has 0 bridgehead atoms. The van der Waals surface area contributed by atoms with Crippen LogP contribution in [0.4, 0.5) is 10.8 Å². The van der Waals surface area contributed by atoms with Gasteiger partial charge in [0.15, 0.2) is 17.8 Å². The fourth-order valence-corrected chi connectivity index (χ4v) is 3.89. The lowest BCUT2D eigenvalue weighted by atomic mass is 10.1. The van der Waals surface area contributed by atoms with Crippen molar-refractivity contribution in [3.05, 3.63) is 52.4 Å². The Morgan fingerprint density at radius 3 is 2.83 bits per heavy atom. The smallest absolute Gasteiger partial charge is 0.265 e. The quantitative estimate of drug-likeness (QED) is 0.605. The Balaban J connectivity index is 1.44. The van der Waals surface area contributed by atoms with Gasteiger partial charge in [-0.25, -0.2) is 4.98 Å². The van der Waals surface area contributed by atoms with Crippen LogP contribution in [0.25, 0.3) is 11.3 Å². The predicted octanol–water partition coefficient (Wildman–Crippen LogP) is 4.51. The summed E-state index contributed by atoms with van der Waals surface area (Å²) in [5, 5.41) is 6.65. The van der Waals surface area contributed by atoms with Crippen molar-refractivity contribution in [3.8, 4) is 22.8 Å². The summed E-state index contributed by atoms with van der Waals surface area (Å²) in [5.74, 6) is 0.665. The maximum Gasteiger partial charge on any atom is 0.265 e. The highest BCUT2D eigenvalue weighted by Gasteiger charge is 2.24. The van der Waals surface area contributed by atoms with E-state index >= 15 is 0 Å². The summed E-state index contributed by atoms with van der Waals surface area (Å²) in [6.45, 7) is 3.47. The molecule has 9 heteroatoms. The van der Waals surface area contributed by atoms with Crippen LogP contribution in [-0.4, -0.2) is 29.5 Å². The number of benzene rings is 2. The normalized spacial score (nSPS) is 15.0. The number of rotatable bonds is 5. The molecule has 1 aliphatic rings. The molecule has 154 valence electrons. The Labute approximate surface area is 182 Å². The summed E-state index contributed by atoms with van der Waals surface area (Å²) in [6.07, 6.45) is -0.527. The van der Waals surface area contributed by atoms with Crippen molar-refractivity contribution in [2.75, 3.05) is 17.2 Å². The van der Waals surface area contributed by atoms with E-state index in [2.05, 4.69) is 15.6 Å². The zero-order valence-electron chi connectivity index (χ0n) is 16.2. The first-order valence-electron chi connectivity index (χ1n) is 9.16. The predicted molar refractivity (Wildman–Crippen MR) is 117 cm³/mol. The lowest BCUT2D eigenvalue weighted by molar-refractivity contribution is -0.122. The van der Waals surface area contributed by atoms with Gasteiger partial charge in [-0.2, -0.15) is 0 Å². The number of hydrogen-bond donors (Lipinski definition) is 2. The number of carbonyl (C=O) groups excluding carboxylic acids is 2. The molecule has 1 aliphatic heterocycles. The summed E-state index contributed by atoms with van der Waals surface area (Å²) in [5.41, 5.74) is 2.15. The molecule has 2 heterocycles. The number of nitrogens with zero attached hydrogens (tertiary/aromatic N) is 1. The maximum atomic E-state index is 12.2. The van der Waals surface area contributed by atoms with E-state index in [9.17, 15) is 9.59 Å². The van der Waals surface area contributed by atoms with Crippen LogP contribution in [0.5, 0.6) is 11.5 Å². The van der Waals surface area contributed by atoms with Crippen LogP contribution in [0.2, 0.25) is 5.02 Å². The topological polar surface area (TPSA) is 89.5 Å². The molecule has 1 atom stereocenters. The second-order valence-electron chi connectivity index (χ2n) is 6.67.